The molecule has 21 heavy (non-hydrogen) atoms. The molecule has 1 aromatic heterocycles. The maximum absolute atomic E-state index is 4.08. The number of fused-ring (bicyclic) bond motifs is 2. The Bertz CT molecular complexity index is 573. The van der Waals surface area contributed by atoms with Crippen molar-refractivity contribution < 1.29 is 0 Å². The summed E-state index contributed by atoms with van der Waals surface area (Å²) >= 11 is 0. The average molecular weight is 281 g/mol. The fourth-order valence-electron chi connectivity index (χ4n) is 4.23. The molecule has 1 aromatic carbocycles. The summed E-state index contributed by atoms with van der Waals surface area (Å²) in [5.41, 5.74) is 2.53. The van der Waals surface area contributed by atoms with Crippen LogP contribution in [0.25, 0.3) is 5.69 Å². The van der Waals surface area contributed by atoms with Crippen LogP contribution >= 0.6 is 0 Å². The minimum atomic E-state index is 0.939. The standard InChI is InChI=1S/C18H23N3/c1-4-16-9-15(1)10-17(16)12-20-11-14-2-5-18(6-3-14)21-8-7-19-13-21/h2-3,5-8,13,15-17,20H,1,4,9-12H2. The first kappa shape index (κ1) is 13.1. The number of aromatic nitrogens is 2. The van der Waals surface area contributed by atoms with E-state index in [1.165, 1.54) is 43.5 Å². The van der Waals surface area contributed by atoms with Gasteiger partial charge in [-0.1, -0.05) is 18.6 Å². The molecular formula is C18H23N3. The summed E-state index contributed by atoms with van der Waals surface area (Å²) in [5, 5.41) is 3.66. The van der Waals surface area contributed by atoms with E-state index in [4.69, 9.17) is 0 Å². The summed E-state index contributed by atoms with van der Waals surface area (Å²) in [4.78, 5) is 4.08. The number of nitrogens with one attached hydrogen (secondary N) is 1. The van der Waals surface area contributed by atoms with Gasteiger partial charge >= 0.3 is 0 Å². The number of hydrogen-bond donors (Lipinski definition) is 1. The predicted molar refractivity (Wildman–Crippen MR) is 84.2 cm³/mol. The van der Waals surface area contributed by atoms with Crippen LogP contribution in [0.5, 0.6) is 0 Å². The van der Waals surface area contributed by atoms with Gasteiger partial charge in [-0.25, -0.2) is 4.98 Å². The second-order valence-corrected chi connectivity index (χ2v) is 6.70. The van der Waals surface area contributed by atoms with Crippen molar-refractivity contribution in [3.63, 3.8) is 0 Å². The third-order valence-electron chi connectivity index (χ3n) is 5.36. The van der Waals surface area contributed by atoms with Gasteiger partial charge in [-0.15, -0.1) is 0 Å². The quantitative estimate of drug-likeness (QED) is 0.910. The first-order valence-corrected chi connectivity index (χ1v) is 8.16. The first-order chi connectivity index (χ1) is 10.4. The van der Waals surface area contributed by atoms with E-state index in [1.807, 2.05) is 23.3 Å². The lowest BCUT2D eigenvalue weighted by Crippen LogP contribution is -2.26. The molecule has 2 bridgehead atoms. The molecule has 3 atom stereocenters. The number of nitrogens with zero attached hydrogens (tertiary/aromatic N) is 2. The second kappa shape index (κ2) is 5.64. The van der Waals surface area contributed by atoms with Crippen LogP contribution in [0.15, 0.2) is 43.0 Å². The summed E-state index contributed by atoms with van der Waals surface area (Å²) in [6.07, 6.45) is 11.6. The first-order valence-electron chi connectivity index (χ1n) is 8.16. The molecule has 0 saturated heterocycles. The molecule has 1 heterocycles. The molecule has 2 aliphatic rings. The number of imidazole rings is 1. The molecule has 0 radical (unpaired) electrons. The van der Waals surface area contributed by atoms with E-state index >= 15 is 0 Å². The highest BCUT2D eigenvalue weighted by molar-refractivity contribution is 5.34. The minimum Gasteiger partial charge on any atom is -0.312 e. The third kappa shape index (κ3) is 2.75. The molecule has 3 unspecified atom stereocenters. The molecule has 110 valence electrons. The Morgan fingerprint density at radius 3 is 2.71 bits per heavy atom. The lowest BCUT2D eigenvalue weighted by molar-refractivity contribution is 0.318. The van der Waals surface area contributed by atoms with Gasteiger partial charge in [0.1, 0.15) is 0 Å². The van der Waals surface area contributed by atoms with Crippen LogP contribution in [0.4, 0.5) is 0 Å². The molecule has 2 saturated carbocycles. The Kier molecular flexibility index (Phi) is 3.52. The van der Waals surface area contributed by atoms with Crippen LogP contribution in [-0.2, 0) is 6.54 Å². The van der Waals surface area contributed by atoms with Gasteiger partial charge in [0.2, 0.25) is 0 Å². The maximum Gasteiger partial charge on any atom is 0.0991 e. The fraction of sp³-hybridized carbons (Fsp3) is 0.500. The molecule has 4 rings (SSSR count). The Morgan fingerprint density at radius 1 is 1.14 bits per heavy atom. The van der Waals surface area contributed by atoms with Crippen LogP contribution in [0, 0.1) is 17.8 Å². The molecule has 3 nitrogen and oxygen atoms in total. The third-order valence-corrected chi connectivity index (χ3v) is 5.36. The van der Waals surface area contributed by atoms with Gasteiger partial charge in [0.15, 0.2) is 0 Å². The summed E-state index contributed by atoms with van der Waals surface area (Å²) in [6, 6.07) is 8.75. The Labute approximate surface area is 126 Å². The van der Waals surface area contributed by atoms with Crippen molar-refractivity contribution in [2.75, 3.05) is 6.54 Å². The summed E-state index contributed by atoms with van der Waals surface area (Å²) in [5.74, 6) is 3.01. The molecule has 2 fully saturated rings. The molecule has 3 heteroatoms. The van der Waals surface area contributed by atoms with Gasteiger partial charge in [-0.05, 0) is 61.3 Å². The number of rotatable bonds is 5. The molecule has 0 amide bonds. The van der Waals surface area contributed by atoms with Crippen molar-refractivity contribution in [2.45, 2.75) is 32.2 Å². The lowest BCUT2D eigenvalue weighted by atomic mass is 9.89. The zero-order valence-electron chi connectivity index (χ0n) is 12.4. The summed E-state index contributed by atoms with van der Waals surface area (Å²) in [7, 11) is 0. The van der Waals surface area contributed by atoms with Gasteiger partial charge in [-0.2, -0.15) is 0 Å². The van der Waals surface area contributed by atoms with Crippen molar-refractivity contribution in [3.8, 4) is 5.69 Å². The fourth-order valence-corrected chi connectivity index (χ4v) is 4.23. The van der Waals surface area contributed by atoms with Gasteiger partial charge in [0.05, 0.1) is 6.33 Å². The SMILES string of the molecule is c1cn(-c2ccc(CNCC3CC4CCC3C4)cc2)cn1. The van der Waals surface area contributed by atoms with E-state index in [9.17, 15) is 0 Å². The van der Waals surface area contributed by atoms with E-state index in [1.54, 1.807) is 0 Å². The predicted octanol–water partition coefficient (Wildman–Crippen LogP) is 3.40. The Balaban J connectivity index is 1.29. The lowest BCUT2D eigenvalue weighted by Gasteiger charge is -2.21. The highest BCUT2D eigenvalue weighted by Crippen LogP contribution is 2.47. The largest absolute Gasteiger partial charge is 0.312 e. The Hall–Kier alpha value is -1.61. The second-order valence-electron chi connectivity index (χ2n) is 6.70. The molecule has 1 N–H and O–H groups in total. The zero-order valence-corrected chi connectivity index (χ0v) is 12.4. The number of hydrogen-bond acceptors (Lipinski definition) is 2. The average Bonchev–Trinajstić information content (AvgIpc) is 3.26. The van der Waals surface area contributed by atoms with E-state index in [0.29, 0.717) is 0 Å². The monoisotopic (exact) mass is 281 g/mol. The van der Waals surface area contributed by atoms with Gasteiger partial charge in [-0.3, -0.25) is 0 Å². The van der Waals surface area contributed by atoms with E-state index < -0.39 is 0 Å². The smallest absolute Gasteiger partial charge is 0.0991 e. The molecule has 2 aromatic rings. The van der Waals surface area contributed by atoms with Crippen molar-refractivity contribution in [3.05, 3.63) is 48.5 Å². The van der Waals surface area contributed by atoms with E-state index in [2.05, 4.69) is 34.6 Å². The van der Waals surface area contributed by atoms with Crippen LogP contribution in [-0.4, -0.2) is 16.1 Å². The topological polar surface area (TPSA) is 29.9 Å². The van der Waals surface area contributed by atoms with E-state index in [-0.39, 0.29) is 0 Å². The normalized spacial score (nSPS) is 27.3. The van der Waals surface area contributed by atoms with Crippen molar-refractivity contribution in [1.29, 1.82) is 0 Å². The highest BCUT2D eigenvalue weighted by atomic mass is 15.0. The summed E-state index contributed by atoms with van der Waals surface area (Å²) in [6.45, 7) is 2.18. The number of benzene rings is 1. The molecular weight excluding hydrogens is 258 g/mol. The van der Waals surface area contributed by atoms with Gasteiger partial charge < -0.3 is 9.88 Å². The summed E-state index contributed by atoms with van der Waals surface area (Å²) < 4.78 is 2.03. The molecule has 2 aliphatic carbocycles. The molecule has 0 spiro atoms. The van der Waals surface area contributed by atoms with Crippen LogP contribution < -0.4 is 5.32 Å². The van der Waals surface area contributed by atoms with Crippen molar-refractivity contribution in [2.24, 2.45) is 17.8 Å². The Morgan fingerprint density at radius 2 is 2.05 bits per heavy atom. The minimum absolute atomic E-state index is 0.939. The van der Waals surface area contributed by atoms with Crippen molar-refractivity contribution >= 4 is 0 Å². The van der Waals surface area contributed by atoms with Gasteiger partial charge in [0.25, 0.3) is 0 Å². The zero-order chi connectivity index (χ0) is 14.1. The molecule has 0 aliphatic heterocycles. The van der Waals surface area contributed by atoms with Crippen LogP contribution in [0.1, 0.15) is 31.2 Å². The van der Waals surface area contributed by atoms with E-state index in [0.717, 1.165) is 24.3 Å². The van der Waals surface area contributed by atoms with Crippen LogP contribution in [0.2, 0.25) is 0 Å². The highest BCUT2D eigenvalue weighted by Gasteiger charge is 2.38. The van der Waals surface area contributed by atoms with Crippen LogP contribution in [0.3, 0.4) is 0 Å². The van der Waals surface area contributed by atoms with Crippen molar-refractivity contribution in [1.82, 2.24) is 14.9 Å². The van der Waals surface area contributed by atoms with Gasteiger partial charge in [0, 0.05) is 24.6 Å². The maximum atomic E-state index is 4.08.